The van der Waals surface area contributed by atoms with Crippen LogP contribution in [-0.4, -0.2) is 51.3 Å². The number of fused-ring (bicyclic) bond motifs is 3. The molecule has 2 aliphatic heterocycles. The summed E-state index contributed by atoms with van der Waals surface area (Å²) in [6.07, 6.45) is 4.31. The summed E-state index contributed by atoms with van der Waals surface area (Å²) in [5, 5.41) is 0. The third-order valence-corrected chi connectivity index (χ3v) is 4.93. The second-order valence-electron chi connectivity index (χ2n) is 5.77. The van der Waals surface area contributed by atoms with Crippen molar-refractivity contribution in [3.63, 3.8) is 0 Å². The van der Waals surface area contributed by atoms with Crippen LogP contribution in [0.1, 0.15) is 34.2 Å². The minimum absolute atomic E-state index is 0.0525. The molecule has 7 heteroatoms. The number of halogens is 1. The number of hydrogen-bond donors (Lipinski definition) is 0. The number of rotatable bonds is 2. The highest BCUT2D eigenvalue weighted by Gasteiger charge is 2.42. The molecule has 2 aromatic rings. The van der Waals surface area contributed by atoms with Crippen molar-refractivity contribution in [2.24, 2.45) is 0 Å². The number of pyridine rings is 1. The average Bonchev–Trinajstić information content (AvgIpc) is 3.20. The number of hydrogen-bond acceptors (Lipinski definition) is 4. The van der Waals surface area contributed by atoms with Crippen molar-refractivity contribution in [1.82, 2.24) is 14.3 Å². The van der Waals surface area contributed by atoms with Gasteiger partial charge in [0.15, 0.2) is 11.4 Å². The van der Waals surface area contributed by atoms with Crippen LogP contribution < -0.4 is 0 Å². The van der Waals surface area contributed by atoms with Gasteiger partial charge in [0, 0.05) is 18.3 Å². The van der Waals surface area contributed by atoms with E-state index >= 15 is 0 Å². The average molecular weight is 364 g/mol. The van der Waals surface area contributed by atoms with Crippen molar-refractivity contribution in [2.75, 3.05) is 13.2 Å². The zero-order valence-corrected chi connectivity index (χ0v) is 13.5. The first-order valence-corrected chi connectivity index (χ1v) is 7.94. The van der Waals surface area contributed by atoms with E-state index in [1.165, 1.54) is 6.92 Å². The smallest absolute Gasteiger partial charge is 0.272 e. The summed E-state index contributed by atoms with van der Waals surface area (Å²) in [6.45, 7) is 2.74. The van der Waals surface area contributed by atoms with Gasteiger partial charge >= 0.3 is 0 Å². The van der Waals surface area contributed by atoms with Crippen LogP contribution >= 0.6 is 15.9 Å². The molecule has 0 aromatic carbocycles. The molecule has 114 valence electrons. The molecule has 0 radical (unpaired) electrons. The highest BCUT2D eigenvalue weighted by Crippen LogP contribution is 2.30. The van der Waals surface area contributed by atoms with Crippen molar-refractivity contribution >= 4 is 33.3 Å². The number of carbonyl (C=O) groups excluding carboxylic acids is 2. The molecule has 1 amide bonds. The Morgan fingerprint density at radius 2 is 2.27 bits per heavy atom. The van der Waals surface area contributed by atoms with Crippen molar-refractivity contribution in [1.29, 1.82) is 0 Å². The summed E-state index contributed by atoms with van der Waals surface area (Å²) >= 11 is 3.41. The number of nitrogens with zero attached hydrogens (tertiary/aromatic N) is 3. The molecule has 0 aliphatic carbocycles. The number of ether oxygens (including phenoxy) is 1. The molecular weight excluding hydrogens is 350 g/mol. The minimum Gasteiger partial charge on any atom is -0.374 e. The van der Waals surface area contributed by atoms with Gasteiger partial charge in [0.25, 0.3) is 5.91 Å². The molecule has 2 atom stereocenters. The van der Waals surface area contributed by atoms with Crippen molar-refractivity contribution < 1.29 is 14.3 Å². The molecule has 0 spiro atoms. The molecule has 2 aromatic heterocycles. The topological polar surface area (TPSA) is 63.9 Å². The molecule has 0 saturated carbocycles. The van der Waals surface area contributed by atoms with Crippen molar-refractivity contribution in [3.8, 4) is 0 Å². The van der Waals surface area contributed by atoms with E-state index in [4.69, 9.17) is 4.74 Å². The second kappa shape index (κ2) is 4.89. The number of ketones is 1. The number of carbonyl (C=O) groups is 2. The molecule has 4 heterocycles. The maximum Gasteiger partial charge on any atom is 0.272 e. The lowest BCUT2D eigenvalue weighted by Gasteiger charge is -2.26. The summed E-state index contributed by atoms with van der Waals surface area (Å²) in [6, 6.07) is 1.88. The summed E-state index contributed by atoms with van der Waals surface area (Å²) < 4.78 is 7.93. The molecule has 4 rings (SSSR count). The quantitative estimate of drug-likeness (QED) is 0.764. The summed E-state index contributed by atoms with van der Waals surface area (Å²) in [5.41, 5.74) is 1.65. The van der Waals surface area contributed by atoms with Crippen LogP contribution in [0.15, 0.2) is 22.9 Å². The molecule has 2 fully saturated rings. The van der Waals surface area contributed by atoms with Gasteiger partial charge in [0.1, 0.15) is 5.69 Å². The minimum atomic E-state index is -0.0593. The molecule has 2 aliphatic rings. The van der Waals surface area contributed by atoms with E-state index < -0.39 is 0 Å². The monoisotopic (exact) mass is 363 g/mol. The van der Waals surface area contributed by atoms with Crippen LogP contribution in [-0.2, 0) is 4.74 Å². The zero-order chi connectivity index (χ0) is 15.4. The van der Waals surface area contributed by atoms with Gasteiger partial charge in [-0.15, -0.1) is 0 Å². The number of likely N-dealkylation sites (tertiary alicyclic amines) is 1. The fraction of sp³-hybridized carbons (Fsp3) is 0.400. The standard InChI is InChI=1S/C15H14BrN3O3/c1-8(20)9-2-12(16)14-17-4-13(19(14)5-9)15(21)18-6-11-3-10(18)7-22-11/h2,4-5,10-11H,3,6-7H2,1H3/t10-,11-/m0/s1. The number of imidazole rings is 1. The predicted octanol–water partition coefficient (Wildman–Crippen LogP) is 1.91. The molecular formula is C15H14BrN3O3. The molecule has 2 bridgehead atoms. The van der Waals surface area contributed by atoms with Crippen LogP contribution in [0.2, 0.25) is 0 Å². The van der Waals surface area contributed by atoms with E-state index in [9.17, 15) is 9.59 Å². The lowest BCUT2D eigenvalue weighted by Crippen LogP contribution is -2.41. The van der Waals surface area contributed by atoms with Gasteiger partial charge in [-0.1, -0.05) is 0 Å². The first kappa shape index (κ1) is 13.9. The molecule has 2 saturated heterocycles. The Kier molecular flexibility index (Phi) is 3.09. The SMILES string of the molecule is CC(=O)c1cc(Br)c2ncc(C(=O)N3C[C@@H]4C[C@H]3CO4)n2c1. The van der Waals surface area contributed by atoms with Crippen molar-refractivity contribution in [3.05, 3.63) is 34.2 Å². The first-order chi connectivity index (χ1) is 10.5. The van der Waals surface area contributed by atoms with E-state index in [0.29, 0.717) is 34.5 Å². The third kappa shape index (κ3) is 1.99. The first-order valence-electron chi connectivity index (χ1n) is 7.14. The van der Waals surface area contributed by atoms with Crippen LogP contribution in [0.3, 0.4) is 0 Å². The number of amides is 1. The molecule has 0 unspecified atom stereocenters. The van der Waals surface area contributed by atoms with E-state index in [1.807, 2.05) is 4.90 Å². The zero-order valence-electron chi connectivity index (χ0n) is 12.0. The third-order valence-electron chi connectivity index (χ3n) is 4.35. The van der Waals surface area contributed by atoms with E-state index in [1.54, 1.807) is 22.9 Å². The van der Waals surface area contributed by atoms with Crippen molar-refractivity contribution in [2.45, 2.75) is 25.5 Å². The van der Waals surface area contributed by atoms with Crippen LogP contribution in [0, 0.1) is 0 Å². The lowest BCUT2D eigenvalue weighted by molar-refractivity contribution is 0.0255. The Morgan fingerprint density at radius 3 is 2.91 bits per heavy atom. The molecule has 22 heavy (non-hydrogen) atoms. The van der Waals surface area contributed by atoms with Gasteiger partial charge < -0.3 is 9.64 Å². The van der Waals surface area contributed by atoms with E-state index in [2.05, 4.69) is 20.9 Å². The van der Waals surface area contributed by atoms with Gasteiger partial charge in [-0.3, -0.25) is 14.0 Å². The summed E-state index contributed by atoms with van der Waals surface area (Å²) in [4.78, 5) is 30.6. The van der Waals surface area contributed by atoms with Gasteiger partial charge in [0.2, 0.25) is 0 Å². The fourth-order valence-corrected chi connectivity index (χ4v) is 3.73. The van der Waals surface area contributed by atoms with Gasteiger partial charge in [-0.25, -0.2) is 4.98 Å². The lowest BCUT2D eigenvalue weighted by atomic mass is 10.2. The van der Waals surface area contributed by atoms with Gasteiger partial charge in [0.05, 0.1) is 29.4 Å². The van der Waals surface area contributed by atoms with E-state index in [0.717, 1.165) is 6.42 Å². The molecule has 0 N–H and O–H groups in total. The number of morpholine rings is 1. The number of Topliss-reactive ketones (excluding diaryl/α,β-unsaturated/α-hetero) is 1. The normalized spacial score (nSPS) is 23.5. The Hall–Kier alpha value is -1.73. The Labute approximate surface area is 135 Å². The van der Waals surface area contributed by atoms with Gasteiger partial charge in [-0.05, 0) is 35.3 Å². The van der Waals surface area contributed by atoms with Crippen LogP contribution in [0.5, 0.6) is 0 Å². The maximum absolute atomic E-state index is 12.8. The second-order valence-corrected chi connectivity index (χ2v) is 6.63. The summed E-state index contributed by atoms with van der Waals surface area (Å²) in [7, 11) is 0. The highest BCUT2D eigenvalue weighted by atomic mass is 79.9. The highest BCUT2D eigenvalue weighted by molar-refractivity contribution is 9.10. The Balaban J connectivity index is 1.78. The van der Waals surface area contributed by atoms with E-state index in [-0.39, 0.29) is 23.8 Å². The van der Waals surface area contributed by atoms with Crippen LogP contribution in [0.25, 0.3) is 5.65 Å². The largest absolute Gasteiger partial charge is 0.374 e. The van der Waals surface area contributed by atoms with Gasteiger partial charge in [-0.2, -0.15) is 0 Å². The maximum atomic E-state index is 12.8. The Morgan fingerprint density at radius 1 is 1.45 bits per heavy atom. The van der Waals surface area contributed by atoms with Crippen LogP contribution in [0.4, 0.5) is 0 Å². The fourth-order valence-electron chi connectivity index (χ4n) is 3.19. The number of aromatic nitrogens is 2. The predicted molar refractivity (Wildman–Crippen MR) is 82.1 cm³/mol. The Bertz CT molecular complexity index is 801. The summed E-state index contributed by atoms with van der Waals surface area (Å²) in [5.74, 6) is -0.112. The molecule has 6 nitrogen and oxygen atoms in total.